The highest BCUT2D eigenvalue weighted by molar-refractivity contribution is 7.91. The first-order chi connectivity index (χ1) is 19.1. The van der Waals surface area contributed by atoms with Crippen LogP contribution >= 0.6 is 11.3 Å². The van der Waals surface area contributed by atoms with E-state index in [1.54, 1.807) is 11.3 Å². The van der Waals surface area contributed by atoms with Gasteiger partial charge in [0, 0.05) is 43.7 Å². The summed E-state index contributed by atoms with van der Waals surface area (Å²) in [6.07, 6.45) is 1.00. The topological polar surface area (TPSA) is 100 Å². The van der Waals surface area contributed by atoms with Crippen molar-refractivity contribution in [1.82, 2.24) is 9.88 Å². The Bertz CT molecular complexity index is 1510. The van der Waals surface area contributed by atoms with E-state index in [-0.39, 0.29) is 29.3 Å². The predicted molar refractivity (Wildman–Crippen MR) is 157 cm³/mol. The fourth-order valence-electron chi connectivity index (χ4n) is 6.29. The van der Waals surface area contributed by atoms with Crippen LogP contribution in [-0.2, 0) is 27.8 Å². The molecule has 3 aliphatic heterocycles. The van der Waals surface area contributed by atoms with Crippen LogP contribution in [0.5, 0.6) is 5.75 Å². The van der Waals surface area contributed by atoms with Gasteiger partial charge >= 0.3 is 5.97 Å². The third kappa shape index (κ3) is 5.62. The summed E-state index contributed by atoms with van der Waals surface area (Å²) in [4.78, 5) is 20.9. The van der Waals surface area contributed by atoms with E-state index in [2.05, 4.69) is 53.3 Å². The molecule has 1 saturated carbocycles. The molecule has 8 nitrogen and oxygen atoms in total. The number of rotatable bonds is 8. The number of fused-ring (bicyclic) bond motifs is 2. The van der Waals surface area contributed by atoms with Crippen molar-refractivity contribution in [3.05, 3.63) is 64.0 Å². The molecule has 3 saturated heterocycles. The molecule has 212 valence electrons. The largest absolute Gasteiger partial charge is 0.488 e. The Morgan fingerprint density at radius 1 is 1.10 bits per heavy atom. The number of carbonyl (C=O) groups is 1. The Balaban J connectivity index is 1.12. The number of aromatic nitrogens is 1. The highest BCUT2D eigenvalue weighted by atomic mass is 32.2. The number of piperidine rings is 2. The van der Waals surface area contributed by atoms with Crippen LogP contribution in [0.15, 0.2) is 41.8 Å². The van der Waals surface area contributed by atoms with Gasteiger partial charge in [0.25, 0.3) is 0 Å². The molecule has 3 aromatic rings. The molecule has 3 atom stereocenters. The molecule has 0 spiro atoms. The summed E-state index contributed by atoms with van der Waals surface area (Å²) in [5, 5.41) is 12.5. The number of benzene rings is 2. The van der Waals surface area contributed by atoms with Crippen LogP contribution < -0.4 is 9.64 Å². The minimum atomic E-state index is -2.88. The van der Waals surface area contributed by atoms with E-state index in [9.17, 15) is 18.3 Å². The fourth-order valence-corrected chi connectivity index (χ4v) is 8.41. The van der Waals surface area contributed by atoms with Gasteiger partial charge in [0.05, 0.1) is 23.1 Å². The molecule has 0 radical (unpaired) electrons. The van der Waals surface area contributed by atoms with E-state index in [1.807, 2.05) is 12.1 Å². The molecule has 2 bridgehead atoms. The van der Waals surface area contributed by atoms with E-state index < -0.39 is 15.8 Å². The summed E-state index contributed by atoms with van der Waals surface area (Å²) in [7, 11) is -2.88. The monoisotopic (exact) mass is 581 g/mol. The van der Waals surface area contributed by atoms with E-state index in [1.165, 1.54) is 5.56 Å². The number of carboxylic acid groups (broad SMARTS) is 1. The van der Waals surface area contributed by atoms with E-state index in [0.29, 0.717) is 19.7 Å². The molecule has 4 heterocycles. The van der Waals surface area contributed by atoms with Crippen molar-refractivity contribution in [1.29, 1.82) is 0 Å². The molecule has 1 N–H and O–H groups in total. The summed E-state index contributed by atoms with van der Waals surface area (Å²) in [6, 6.07) is 12.5. The van der Waals surface area contributed by atoms with Crippen molar-refractivity contribution in [3.8, 4) is 17.0 Å². The third-order valence-electron chi connectivity index (χ3n) is 8.62. The van der Waals surface area contributed by atoms with E-state index in [4.69, 9.17) is 9.72 Å². The number of hydrogen-bond donors (Lipinski definition) is 1. The van der Waals surface area contributed by atoms with Gasteiger partial charge in [0.2, 0.25) is 0 Å². The van der Waals surface area contributed by atoms with E-state index in [0.717, 1.165) is 64.9 Å². The van der Waals surface area contributed by atoms with Gasteiger partial charge < -0.3 is 14.7 Å². The van der Waals surface area contributed by atoms with Gasteiger partial charge in [-0.1, -0.05) is 29.8 Å². The number of aryl methyl sites for hydroxylation is 2. The minimum absolute atomic E-state index is 0.200. The van der Waals surface area contributed by atoms with Gasteiger partial charge in [0.1, 0.15) is 12.4 Å². The summed E-state index contributed by atoms with van der Waals surface area (Å²) in [5.41, 5.74) is 6.40. The number of ether oxygens (including phenoxy) is 1. The van der Waals surface area contributed by atoms with Crippen LogP contribution in [0.3, 0.4) is 0 Å². The van der Waals surface area contributed by atoms with Crippen LogP contribution in [0.25, 0.3) is 11.3 Å². The SMILES string of the molecule is Cc1ccc(OCc2ccc(CN3CCS(=O)(=O)CC3)cc2C)c(-c2csc(N3C[C@H]4C[C@@H](C3)[C@H]4C(=O)O)n2)c1. The molecule has 0 unspecified atom stereocenters. The Kier molecular flexibility index (Phi) is 7.35. The van der Waals surface area contributed by atoms with Crippen LogP contribution in [0, 0.1) is 31.6 Å². The van der Waals surface area contributed by atoms with Crippen LogP contribution in [0.4, 0.5) is 5.13 Å². The lowest BCUT2D eigenvalue weighted by Gasteiger charge is -2.51. The third-order valence-corrected chi connectivity index (χ3v) is 11.1. The Morgan fingerprint density at radius 2 is 1.85 bits per heavy atom. The number of thiazole rings is 1. The standard InChI is InChI=1S/C30H35N3O5S2/c1-19-3-6-27(38-17-22-5-4-21(12-20(22)2)14-32-7-9-40(36,37)10-8-32)25(11-19)26-18-39-30(31-26)33-15-23-13-24(16-33)28(23)29(34)35/h3-6,11-12,18,23-24,28H,7-10,13-17H2,1-2H3,(H,34,35)/t23-,24+,28+. The number of nitrogens with zero attached hydrogens (tertiary/aromatic N) is 3. The second-order valence-corrected chi connectivity index (χ2v) is 14.7. The first-order valence-corrected chi connectivity index (χ1v) is 16.5. The Labute approximate surface area is 239 Å². The first kappa shape index (κ1) is 27.2. The molecule has 4 fully saturated rings. The number of anilines is 1. The minimum Gasteiger partial charge on any atom is -0.488 e. The number of aliphatic carboxylic acids is 1. The summed E-state index contributed by atoms with van der Waals surface area (Å²) < 4.78 is 29.8. The number of hydrogen-bond acceptors (Lipinski definition) is 8. The highest BCUT2D eigenvalue weighted by Crippen LogP contribution is 2.47. The lowest BCUT2D eigenvalue weighted by molar-refractivity contribution is -0.153. The van der Waals surface area contributed by atoms with Gasteiger partial charge in [-0.05, 0) is 60.9 Å². The average Bonchev–Trinajstić information content (AvgIpc) is 3.40. The zero-order chi connectivity index (χ0) is 28.0. The van der Waals surface area contributed by atoms with Crippen molar-refractivity contribution in [2.75, 3.05) is 42.6 Å². The molecule has 0 amide bonds. The zero-order valence-electron chi connectivity index (χ0n) is 22.9. The number of carboxylic acids is 1. The molecular formula is C30H35N3O5S2. The quantitative estimate of drug-likeness (QED) is 0.418. The van der Waals surface area contributed by atoms with Crippen molar-refractivity contribution in [2.24, 2.45) is 17.8 Å². The summed E-state index contributed by atoms with van der Waals surface area (Å²) in [5.74, 6) is 0.829. The van der Waals surface area contributed by atoms with Crippen molar-refractivity contribution in [2.45, 2.75) is 33.4 Å². The molecule has 40 heavy (non-hydrogen) atoms. The molecule has 4 aliphatic rings. The van der Waals surface area contributed by atoms with Crippen molar-refractivity contribution >= 4 is 32.3 Å². The van der Waals surface area contributed by atoms with Crippen LogP contribution in [-0.4, -0.2) is 67.1 Å². The maximum absolute atomic E-state index is 11.7. The average molecular weight is 582 g/mol. The molecule has 7 rings (SSSR count). The van der Waals surface area contributed by atoms with E-state index >= 15 is 0 Å². The lowest BCUT2D eigenvalue weighted by Crippen LogP contribution is -2.57. The molecule has 2 aromatic carbocycles. The number of sulfone groups is 1. The first-order valence-electron chi connectivity index (χ1n) is 13.8. The smallest absolute Gasteiger partial charge is 0.307 e. The maximum Gasteiger partial charge on any atom is 0.307 e. The van der Waals surface area contributed by atoms with Crippen molar-refractivity contribution in [3.63, 3.8) is 0 Å². The lowest BCUT2D eigenvalue weighted by atomic mass is 9.62. The second-order valence-electron chi connectivity index (χ2n) is 11.5. The molecule has 10 heteroatoms. The van der Waals surface area contributed by atoms with Gasteiger partial charge in [-0.15, -0.1) is 11.3 Å². The highest BCUT2D eigenvalue weighted by Gasteiger charge is 2.51. The zero-order valence-corrected chi connectivity index (χ0v) is 24.5. The Hall–Kier alpha value is -2.95. The fraction of sp³-hybridized carbons (Fsp3) is 0.467. The molecular weight excluding hydrogens is 546 g/mol. The van der Waals surface area contributed by atoms with Gasteiger partial charge in [-0.25, -0.2) is 13.4 Å². The predicted octanol–water partition coefficient (Wildman–Crippen LogP) is 4.39. The van der Waals surface area contributed by atoms with Crippen LogP contribution in [0.2, 0.25) is 0 Å². The summed E-state index contributed by atoms with van der Waals surface area (Å²) >= 11 is 1.60. The molecule has 1 aliphatic carbocycles. The second kappa shape index (κ2) is 10.8. The van der Waals surface area contributed by atoms with Gasteiger partial charge in [0.15, 0.2) is 15.0 Å². The maximum atomic E-state index is 11.7. The Morgan fingerprint density at radius 3 is 2.55 bits per heavy atom. The molecule has 1 aromatic heterocycles. The van der Waals surface area contributed by atoms with Gasteiger partial charge in [-0.2, -0.15) is 0 Å². The van der Waals surface area contributed by atoms with Crippen molar-refractivity contribution < 1.29 is 23.1 Å². The van der Waals surface area contributed by atoms with Crippen LogP contribution in [0.1, 0.15) is 28.7 Å². The normalized spacial score (nSPS) is 23.9. The summed E-state index contributed by atoms with van der Waals surface area (Å²) in [6.45, 7) is 8.02. The van der Waals surface area contributed by atoms with Gasteiger partial charge in [-0.3, -0.25) is 9.69 Å².